The summed E-state index contributed by atoms with van der Waals surface area (Å²) in [6, 6.07) is 4.80. The summed E-state index contributed by atoms with van der Waals surface area (Å²) >= 11 is 0. The van der Waals surface area contributed by atoms with E-state index in [9.17, 15) is 4.79 Å². The van der Waals surface area contributed by atoms with Crippen LogP contribution in [0.4, 0.5) is 5.69 Å². The summed E-state index contributed by atoms with van der Waals surface area (Å²) in [6.07, 6.45) is 5.66. The monoisotopic (exact) mass is 316 g/mol. The van der Waals surface area contributed by atoms with Gasteiger partial charge >= 0.3 is 0 Å². The molecule has 0 aliphatic carbocycles. The van der Waals surface area contributed by atoms with E-state index in [1.165, 1.54) is 18.4 Å². The number of nitrogens with one attached hydrogen (secondary N) is 1. The largest absolute Gasteiger partial charge is 0.324 e. The van der Waals surface area contributed by atoms with Crippen molar-refractivity contribution in [1.82, 2.24) is 4.90 Å². The Hall–Kier alpha value is -1.35. The quantitative estimate of drug-likeness (QED) is 0.861. The number of anilines is 1. The average Bonchev–Trinajstić information content (AvgIpc) is 2.49. The topological polar surface area (TPSA) is 32.3 Å². The minimum absolute atomic E-state index is 0.0189. The first-order valence-electron chi connectivity index (χ1n) is 9.08. The maximum Gasteiger partial charge on any atom is 0.241 e. The lowest BCUT2D eigenvalue weighted by Gasteiger charge is -2.40. The van der Waals surface area contributed by atoms with E-state index < -0.39 is 0 Å². The van der Waals surface area contributed by atoms with Gasteiger partial charge in [0.15, 0.2) is 0 Å². The lowest BCUT2D eigenvalue weighted by molar-refractivity contribution is -0.123. The van der Waals surface area contributed by atoms with E-state index >= 15 is 0 Å². The van der Waals surface area contributed by atoms with Gasteiger partial charge in [0.25, 0.3) is 0 Å². The zero-order valence-electron chi connectivity index (χ0n) is 15.4. The van der Waals surface area contributed by atoms with Gasteiger partial charge in [0.05, 0.1) is 6.04 Å². The number of likely N-dealkylation sites (tertiary alicyclic amines) is 1. The first-order valence-corrected chi connectivity index (χ1v) is 9.08. The standard InChI is InChI=1S/C20H32N2O/c1-6-7-11-22-17(5)9-8-10-18(22)20(23)21-19-15(3)12-14(2)13-16(19)4/h12-13,17-18H,6-11H2,1-5H3,(H,21,23)/t17-,18-/m0/s1. The van der Waals surface area contributed by atoms with Crippen molar-refractivity contribution in [3.8, 4) is 0 Å². The van der Waals surface area contributed by atoms with Crippen molar-refractivity contribution in [3.05, 3.63) is 28.8 Å². The maximum absolute atomic E-state index is 12.9. The predicted molar refractivity (Wildman–Crippen MR) is 98.0 cm³/mol. The van der Waals surface area contributed by atoms with Crippen LogP contribution >= 0.6 is 0 Å². The number of hydrogen-bond acceptors (Lipinski definition) is 2. The highest BCUT2D eigenvalue weighted by Gasteiger charge is 2.32. The number of hydrogen-bond donors (Lipinski definition) is 1. The van der Waals surface area contributed by atoms with Gasteiger partial charge in [-0.25, -0.2) is 0 Å². The fourth-order valence-corrected chi connectivity index (χ4v) is 3.83. The Morgan fingerprint density at radius 1 is 1.22 bits per heavy atom. The molecule has 0 aromatic heterocycles. The molecule has 3 heteroatoms. The highest BCUT2D eigenvalue weighted by atomic mass is 16.2. The van der Waals surface area contributed by atoms with Gasteiger partial charge < -0.3 is 5.32 Å². The molecule has 1 N–H and O–H groups in total. The van der Waals surface area contributed by atoms with E-state index in [0.29, 0.717) is 6.04 Å². The van der Waals surface area contributed by atoms with Crippen LogP contribution in [-0.4, -0.2) is 29.4 Å². The van der Waals surface area contributed by atoms with Crippen LogP contribution in [0.15, 0.2) is 12.1 Å². The van der Waals surface area contributed by atoms with Gasteiger partial charge in [-0.15, -0.1) is 0 Å². The Morgan fingerprint density at radius 2 is 1.87 bits per heavy atom. The maximum atomic E-state index is 12.9. The summed E-state index contributed by atoms with van der Waals surface area (Å²) in [6.45, 7) is 11.8. The SMILES string of the molecule is CCCCN1[C@@H](C)CCC[C@H]1C(=O)Nc1c(C)cc(C)cc1C. The highest BCUT2D eigenvalue weighted by Crippen LogP contribution is 2.27. The van der Waals surface area contributed by atoms with Gasteiger partial charge in [-0.3, -0.25) is 9.69 Å². The van der Waals surface area contributed by atoms with Crippen LogP contribution in [0.5, 0.6) is 0 Å². The molecule has 0 spiro atoms. The van der Waals surface area contributed by atoms with E-state index in [0.717, 1.165) is 42.6 Å². The van der Waals surface area contributed by atoms with Crippen LogP contribution in [0.1, 0.15) is 62.6 Å². The molecule has 128 valence electrons. The van der Waals surface area contributed by atoms with Gasteiger partial charge in [-0.1, -0.05) is 31.0 Å². The van der Waals surface area contributed by atoms with Crippen molar-refractivity contribution in [1.29, 1.82) is 0 Å². The number of benzene rings is 1. The first-order chi connectivity index (χ1) is 10.9. The minimum Gasteiger partial charge on any atom is -0.324 e. The molecule has 1 aromatic carbocycles. The fraction of sp³-hybridized carbons (Fsp3) is 0.650. The van der Waals surface area contributed by atoms with Crippen molar-refractivity contribution < 1.29 is 4.79 Å². The zero-order chi connectivity index (χ0) is 17.0. The third kappa shape index (κ3) is 4.35. The van der Waals surface area contributed by atoms with Crippen LogP contribution in [0.3, 0.4) is 0 Å². The molecule has 23 heavy (non-hydrogen) atoms. The molecule has 1 aromatic rings. The molecule has 3 nitrogen and oxygen atoms in total. The van der Waals surface area contributed by atoms with Gasteiger partial charge in [0.2, 0.25) is 5.91 Å². The van der Waals surface area contributed by atoms with Gasteiger partial charge in [0.1, 0.15) is 0 Å². The van der Waals surface area contributed by atoms with E-state index in [1.807, 2.05) is 0 Å². The molecule has 0 radical (unpaired) electrons. The molecule has 1 aliphatic rings. The van der Waals surface area contributed by atoms with Gasteiger partial charge in [-0.2, -0.15) is 0 Å². The van der Waals surface area contributed by atoms with Crippen molar-refractivity contribution in [2.75, 3.05) is 11.9 Å². The van der Waals surface area contributed by atoms with Crippen LogP contribution in [0.25, 0.3) is 0 Å². The van der Waals surface area contributed by atoms with Crippen molar-refractivity contribution in [2.45, 2.75) is 78.8 Å². The molecule has 1 amide bonds. The summed E-state index contributed by atoms with van der Waals surface area (Å²) in [5, 5.41) is 3.22. The Morgan fingerprint density at radius 3 is 2.48 bits per heavy atom. The molecular weight excluding hydrogens is 284 g/mol. The molecule has 0 saturated carbocycles. The van der Waals surface area contributed by atoms with Crippen LogP contribution in [0, 0.1) is 20.8 Å². The second-order valence-corrected chi connectivity index (χ2v) is 7.15. The molecule has 1 heterocycles. The average molecular weight is 316 g/mol. The number of amides is 1. The number of rotatable bonds is 5. The Balaban J connectivity index is 2.15. The number of carbonyl (C=O) groups is 1. The molecule has 1 aliphatic heterocycles. The molecule has 1 saturated heterocycles. The molecular formula is C20H32N2O. The number of unbranched alkanes of at least 4 members (excludes halogenated alkanes) is 1. The molecule has 2 atom stereocenters. The number of piperidine rings is 1. The van der Waals surface area contributed by atoms with Gasteiger partial charge in [-0.05, 0) is 71.0 Å². The Labute approximate surface area is 141 Å². The van der Waals surface area contributed by atoms with E-state index in [1.54, 1.807) is 0 Å². The molecule has 1 fully saturated rings. The van der Waals surface area contributed by atoms with Crippen LogP contribution in [-0.2, 0) is 4.79 Å². The van der Waals surface area contributed by atoms with Crippen LogP contribution in [0.2, 0.25) is 0 Å². The summed E-state index contributed by atoms with van der Waals surface area (Å²) in [4.78, 5) is 15.3. The van der Waals surface area contributed by atoms with E-state index in [-0.39, 0.29) is 11.9 Å². The fourth-order valence-electron chi connectivity index (χ4n) is 3.83. The Kier molecular flexibility index (Phi) is 6.23. The number of carbonyl (C=O) groups excluding carboxylic acids is 1. The summed E-state index contributed by atoms with van der Waals surface area (Å²) < 4.78 is 0. The number of aryl methyl sites for hydroxylation is 3. The van der Waals surface area contributed by atoms with Crippen LogP contribution < -0.4 is 5.32 Å². The van der Waals surface area contributed by atoms with Crippen molar-refractivity contribution in [3.63, 3.8) is 0 Å². The Bertz CT molecular complexity index is 530. The zero-order valence-corrected chi connectivity index (χ0v) is 15.4. The van der Waals surface area contributed by atoms with Crippen molar-refractivity contribution >= 4 is 11.6 Å². The number of nitrogens with zero attached hydrogens (tertiary/aromatic N) is 1. The highest BCUT2D eigenvalue weighted by molar-refractivity contribution is 5.96. The lowest BCUT2D eigenvalue weighted by Crippen LogP contribution is -2.51. The van der Waals surface area contributed by atoms with Gasteiger partial charge in [0, 0.05) is 11.7 Å². The smallest absolute Gasteiger partial charge is 0.241 e. The molecule has 0 unspecified atom stereocenters. The molecule has 2 rings (SSSR count). The summed E-state index contributed by atoms with van der Waals surface area (Å²) in [5.41, 5.74) is 4.54. The lowest BCUT2D eigenvalue weighted by atomic mass is 9.95. The summed E-state index contributed by atoms with van der Waals surface area (Å²) in [7, 11) is 0. The molecule has 0 bridgehead atoms. The van der Waals surface area contributed by atoms with E-state index in [2.05, 4.69) is 57.0 Å². The normalized spacial score (nSPS) is 22.1. The minimum atomic E-state index is 0.0189. The third-order valence-electron chi connectivity index (χ3n) is 5.06. The third-order valence-corrected chi connectivity index (χ3v) is 5.06. The second-order valence-electron chi connectivity index (χ2n) is 7.15. The van der Waals surface area contributed by atoms with Crippen molar-refractivity contribution in [2.24, 2.45) is 0 Å². The second kappa shape index (κ2) is 7.96. The predicted octanol–water partition coefficient (Wildman–Crippen LogP) is 4.59. The van der Waals surface area contributed by atoms with E-state index in [4.69, 9.17) is 0 Å². The first kappa shape index (κ1) is 18.0. The summed E-state index contributed by atoms with van der Waals surface area (Å²) in [5.74, 6) is 0.169.